The number of nitrogens with zero attached hydrogens (tertiary/aromatic N) is 2. The second kappa shape index (κ2) is 14.2. The Morgan fingerprint density at radius 1 is 0.881 bits per heavy atom. The van der Waals surface area contributed by atoms with Crippen LogP contribution in [0, 0.1) is 14.7 Å². The Balaban J connectivity index is 1.07. The van der Waals surface area contributed by atoms with Crippen molar-refractivity contribution in [2.45, 2.75) is 44.8 Å². The van der Waals surface area contributed by atoms with Crippen LogP contribution >= 0.6 is 22.6 Å². The van der Waals surface area contributed by atoms with Crippen LogP contribution in [0.25, 0.3) is 0 Å². The number of rotatable bonds is 13. The molecule has 0 fully saturated rings. The van der Waals surface area contributed by atoms with E-state index >= 15 is 0 Å². The molecule has 0 spiro atoms. The van der Waals surface area contributed by atoms with Gasteiger partial charge in [-0.3, -0.25) is 0 Å². The Morgan fingerprint density at radius 2 is 1.64 bits per heavy atom. The highest BCUT2D eigenvalue weighted by molar-refractivity contribution is 14.1. The van der Waals surface area contributed by atoms with Crippen LogP contribution in [0.5, 0.6) is 34.5 Å². The second-order valence-electron chi connectivity index (χ2n) is 10.2. The summed E-state index contributed by atoms with van der Waals surface area (Å²) in [5.74, 6) is 4.12. The maximum Gasteiger partial charge on any atom is 0.208 e. The fourth-order valence-corrected chi connectivity index (χ4v) is 5.84. The van der Waals surface area contributed by atoms with E-state index in [2.05, 4.69) is 33.2 Å². The van der Waals surface area contributed by atoms with Gasteiger partial charge in [0.2, 0.25) is 6.21 Å². The van der Waals surface area contributed by atoms with Crippen molar-refractivity contribution in [2.24, 2.45) is 5.92 Å². The average molecular weight is 689 g/mol. The molecule has 2 aromatic carbocycles. The Morgan fingerprint density at radius 3 is 2.45 bits per heavy atom. The van der Waals surface area contributed by atoms with E-state index in [0.717, 1.165) is 57.6 Å². The van der Waals surface area contributed by atoms with E-state index in [-0.39, 0.29) is 12.0 Å². The highest BCUT2D eigenvalue weighted by atomic mass is 127. The van der Waals surface area contributed by atoms with Crippen molar-refractivity contribution >= 4 is 28.8 Å². The summed E-state index contributed by atoms with van der Waals surface area (Å²) in [6.07, 6.45) is 10.3. The molecule has 0 amide bonds. The van der Waals surface area contributed by atoms with E-state index in [1.165, 1.54) is 0 Å². The molecule has 1 unspecified atom stereocenters. The number of fused-ring (bicyclic) bond motifs is 2. The molecule has 0 radical (unpaired) electrons. The number of hydrogen-bond donors (Lipinski definition) is 0. The standard InChI is InChI=1S/C32H37IN2O7/c1-37-29-14-15-34-20-24-26(35(36)21-27(29)34)8-7-9-28(24)41-17-6-4-5-16-40-22-10-12-25(33)31(18-22)42-23-11-13-30(38-2)32(19-23)39-3/h8,10-15,18-19,21,24,28H,4-7,9,16-17,20H2,1-3H3/t24-,28?/m0/s1. The van der Waals surface area contributed by atoms with Gasteiger partial charge in [-0.15, -0.1) is 0 Å². The molecule has 2 heterocycles. The SMILES string of the molecule is COc1ccc(Oc2cc(OCCCCCOC3CCC=C4[C@@H]3Cn3ccc(OC)c3C=[N+]4[O-])ccc2I)cc1OC. The molecule has 5 rings (SSSR count). The van der Waals surface area contributed by atoms with Gasteiger partial charge in [-0.25, -0.2) is 0 Å². The number of allylic oxidation sites excluding steroid dienone is 1. The maximum atomic E-state index is 12.9. The smallest absolute Gasteiger partial charge is 0.208 e. The average Bonchev–Trinajstić information content (AvgIpc) is 3.32. The fraction of sp³-hybridized carbons (Fsp3) is 0.406. The van der Waals surface area contributed by atoms with E-state index in [1.807, 2.05) is 42.6 Å². The van der Waals surface area contributed by atoms with Crippen LogP contribution in [0.4, 0.5) is 0 Å². The largest absolute Gasteiger partial charge is 0.618 e. The summed E-state index contributed by atoms with van der Waals surface area (Å²) in [4.78, 5) is 0. The highest BCUT2D eigenvalue weighted by Gasteiger charge is 2.37. The molecule has 2 atom stereocenters. The van der Waals surface area contributed by atoms with Gasteiger partial charge in [0.05, 0.1) is 43.5 Å². The molecular formula is C32H37IN2O7. The molecule has 10 heteroatoms. The molecule has 2 aliphatic rings. The minimum atomic E-state index is 0.0151. The Bertz CT molecular complexity index is 1430. The lowest BCUT2D eigenvalue weighted by Gasteiger charge is -2.29. The van der Waals surface area contributed by atoms with Crippen LogP contribution < -0.4 is 23.7 Å². The van der Waals surface area contributed by atoms with Crippen molar-refractivity contribution in [2.75, 3.05) is 34.5 Å². The van der Waals surface area contributed by atoms with Gasteiger partial charge in [0.1, 0.15) is 28.7 Å². The third-order valence-corrected chi connectivity index (χ3v) is 8.47. The summed E-state index contributed by atoms with van der Waals surface area (Å²) in [6.45, 7) is 1.96. The minimum absolute atomic E-state index is 0.0151. The molecule has 3 aromatic rings. The first-order valence-electron chi connectivity index (χ1n) is 14.2. The monoisotopic (exact) mass is 688 g/mol. The number of methoxy groups -OCH3 is 3. The molecule has 9 nitrogen and oxygen atoms in total. The molecule has 0 N–H and O–H groups in total. The van der Waals surface area contributed by atoms with E-state index in [4.69, 9.17) is 28.4 Å². The van der Waals surface area contributed by atoms with Gasteiger partial charge in [-0.05, 0) is 91.1 Å². The van der Waals surface area contributed by atoms with Gasteiger partial charge in [0.25, 0.3) is 0 Å². The van der Waals surface area contributed by atoms with Crippen molar-refractivity contribution in [1.82, 2.24) is 4.57 Å². The van der Waals surface area contributed by atoms with E-state index in [0.29, 0.717) is 48.5 Å². The first-order chi connectivity index (χ1) is 20.5. The summed E-state index contributed by atoms with van der Waals surface area (Å²) in [7, 11) is 4.83. The van der Waals surface area contributed by atoms with Gasteiger partial charge in [0, 0.05) is 31.5 Å². The fourth-order valence-electron chi connectivity index (χ4n) is 5.40. The van der Waals surface area contributed by atoms with Crippen molar-refractivity contribution in [3.63, 3.8) is 0 Å². The maximum absolute atomic E-state index is 12.9. The summed E-state index contributed by atoms with van der Waals surface area (Å²) < 4.78 is 38.7. The van der Waals surface area contributed by atoms with Crippen molar-refractivity contribution in [1.29, 1.82) is 0 Å². The van der Waals surface area contributed by atoms with Crippen LogP contribution in [0.3, 0.4) is 0 Å². The molecule has 1 aliphatic heterocycles. The summed E-state index contributed by atoms with van der Waals surface area (Å²) in [5, 5.41) is 12.9. The third kappa shape index (κ3) is 6.97. The molecule has 0 saturated heterocycles. The predicted molar refractivity (Wildman–Crippen MR) is 168 cm³/mol. The molecule has 224 valence electrons. The van der Waals surface area contributed by atoms with Crippen LogP contribution in [0.1, 0.15) is 37.8 Å². The predicted octanol–water partition coefficient (Wildman–Crippen LogP) is 6.78. The Labute approximate surface area is 260 Å². The Hall–Kier alpha value is -3.38. The number of hydroxylamine groups is 1. The molecule has 1 aromatic heterocycles. The number of unbranched alkanes of at least 4 members (excludes halogenated alkanes) is 2. The van der Waals surface area contributed by atoms with Gasteiger partial charge in [0.15, 0.2) is 17.2 Å². The van der Waals surface area contributed by atoms with Gasteiger partial charge >= 0.3 is 0 Å². The van der Waals surface area contributed by atoms with Crippen molar-refractivity contribution < 1.29 is 33.2 Å². The lowest BCUT2D eigenvalue weighted by molar-refractivity contribution is -0.409. The molecule has 1 aliphatic carbocycles. The third-order valence-electron chi connectivity index (χ3n) is 7.58. The van der Waals surface area contributed by atoms with Crippen LogP contribution in [-0.2, 0) is 11.3 Å². The van der Waals surface area contributed by atoms with Crippen LogP contribution in [-0.4, -0.2) is 56.2 Å². The van der Waals surface area contributed by atoms with Gasteiger partial charge in [-0.2, -0.15) is 4.74 Å². The number of ether oxygens (including phenoxy) is 6. The lowest BCUT2D eigenvalue weighted by atomic mass is 9.89. The van der Waals surface area contributed by atoms with Crippen molar-refractivity contribution in [3.8, 4) is 34.5 Å². The Kier molecular flexibility index (Phi) is 10.2. The normalized spacial score (nSPS) is 17.7. The highest BCUT2D eigenvalue weighted by Crippen LogP contribution is 2.36. The zero-order chi connectivity index (χ0) is 29.5. The topological polar surface area (TPSA) is 86.4 Å². The quantitative estimate of drug-likeness (QED) is 0.0847. The zero-order valence-electron chi connectivity index (χ0n) is 24.2. The van der Waals surface area contributed by atoms with E-state index < -0.39 is 0 Å². The summed E-state index contributed by atoms with van der Waals surface area (Å²) in [5.41, 5.74) is 1.59. The van der Waals surface area contributed by atoms with E-state index in [9.17, 15) is 5.21 Å². The van der Waals surface area contributed by atoms with Gasteiger partial charge in [-0.1, -0.05) is 0 Å². The first kappa shape index (κ1) is 30.1. The summed E-state index contributed by atoms with van der Waals surface area (Å²) in [6, 6.07) is 13.2. The van der Waals surface area contributed by atoms with Crippen molar-refractivity contribution in [3.05, 3.63) is 74.9 Å². The van der Waals surface area contributed by atoms with Crippen LogP contribution in [0.2, 0.25) is 0 Å². The first-order valence-corrected chi connectivity index (χ1v) is 15.3. The number of benzene rings is 2. The summed E-state index contributed by atoms with van der Waals surface area (Å²) >= 11 is 2.25. The number of halogens is 1. The van der Waals surface area contributed by atoms with Crippen LogP contribution in [0.15, 0.2) is 60.4 Å². The second-order valence-corrected chi connectivity index (χ2v) is 11.4. The lowest BCUT2D eigenvalue weighted by Crippen LogP contribution is -2.33. The number of hydrogen-bond acceptors (Lipinski definition) is 7. The zero-order valence-corrected chi connectivity index (χ0v) is 26.4. The molecule has 0 bridgehead atoms. The van der Waals surface area contributed by atoms with Gasteiger partial charge < -0.3 is 38.2 Å². The van der Waals surface area contributed by atoms with E-state index in [1.54, 1.807) is 33.6 Å². The number of aromatic nitrogens is 1. The molecular weight excluding hydrogens is 651 g/mol. The molecule has 0 saturated carbocycles. The molecule has 42 heavy (non-hydrogen) atoms. The minimum Gasteiger partial charge on any atom is -0.618 e.